The summed E-state index contributed by atoms with van der Waals surface area (Å²) in [6.07, 6.45) is -1.80. The molecule has 0 spiro atoms. The average molecular weight is 552 g/mol. The first-order valence-electron chi connectivity index (χ1n) is 11.3. The molecule has 1 unspecified atom stereocenters. The molecule has 2 fully saturated rings. The molecule has 2 aromatic carbocycles. The maximum atomic E-state index is 13.5. The van der Waals surface area contributed by atoms with E-state index in [1.165, 1.54) is 16.8 Å². The number of halogens is 4. The summed E-state index contributed by atoms with van der Waals surface area (Å²) in [6.45, 7) is 3.82. The third-order valence-corrected chi connectivity index (χ3v) is 7.13. The first kappa shape index (κ1) is 25.8. The molecule has 0 radical (unpaired) electrons. The Hall–Kier alpha value is -2.86. The van der Waals surface area contributed by atoms with E-state index in [4.69, 9.17) is 21.1 Å². The second-order valence-corrected chi connectivity index (χ2v) is 10.6. The minimum Gasteiger partial charge on any atom is -0.348 e. The van der Waals surface area contributed by atoms with Crippen LogP contribution in [-0.2, 0) is 27.0 Å². The number of fused-ring (bicyclic) bond motifs is 1. The van der Waals surface area contributed by atoms with Crippen molar-refractivity contribution in [3.8, 4) is 0 Å². The predicted molar refractivity (Wildman–Crippen MR) is 133 cm³/mol. The maximum Gasteiger partial charge on any atom is 0.416 e. The first-order valence-corrected chi connectivity index (χ1v) is 12.5. The smallest absolute Gasteiger partial charge is 0.348 e. The highest BCUT2D eigenvalue weighted by Crippen LogP contribution is 2.36. The zero-order valence-corrected chi connectivity index (χ0v) is 21.3. The van der Waals surface area contributed by atoms with Crippen LogP contribution >= 0.6 is 23.4 Å². The van der Waals surface area contributed by atoms with Gasteiger partial charge in [0.2, 0.25) is 0 Å². The Morgan fingerprint density at radius 1 is 1.22 bits per heavy atom. The van der Waals surface area contributed by atoms with Gasteiger partial charge in [-0.1, -0.05) is 23.7 Å². The Balaban J connectivity index is 1.35. The van der Waals surface area contributed by atoms with Gasteiger partial charge in [-0.3, -0.25) is 19.2 Å². The van der Waals surface area contributed by atoms with Gasteiger partial charge in [-0.25, -0.2) is 0 Å². The van der Waals surface area contributed by atoms with E-state index < -0.39 is 29.5 Å². The molecule has 3 aromatic rings. The van der Waals surface area contributed by atoms with E-state index in [0.717, 1.165) is 22.7 Å². The second-order valence-electron chi connectivity index (χ2n) is 9.16. The number of alkyl halides is 3. The molecule has 0 N–H and O–H groups in total. The van der Waals surface area contributed by atoms with Gasteiger partial charge in [-0.15, -0.1) is 0 Å². The van der Waals surface area contributed by atoms with Crippen LogP contribution in [0, 0.1) is 0 Å². The Bertz CT molecular complexity index is 1440. The molecule has 2 amide bonds. The highest BCUT2D eigenvalue weighted by atomic mass is 35.5. The quantitative estimate of drug-likeness (QED) is 0.365. The molecule has 2 aliphatic heterocycles. The van der Waals surface area contributed by atoms with Crippen molar-refractivity contribution in [2.45, 2.75) is 38.5 Å². The summed E-state index contributed by atoms with van der Waals surface area (Å²) in [5, 5.41) is 4.54. The average Bonchev–Trinajstić information content (AvgIpc) is 3.45. The normalized spacial score (nSPS) is 21.1. The minimum atomic E-state index is -4.55. The van der Waals surface area contributed by atoms with E-state index in [0.29, 0.717) is 16.5 Å². The van der Waals surface area contributed by atoms with Crippen LogP contribution in [0.5, 0.6) is 0 Å². The number of aromatic nitrogens is 2. The van der Waals surface area contributed by atoms with E-state index in [2.05, 4.69) is 5.10 Å². The van der Waals surface area contributed by atoms with Gasteiger partial charge in [-0.05, 0) is 67.1 Å². The zero-order valence-electron chi connectivity index (χ0n) is 19.7. The zero-order chi connectivity index (χ0) is 26.5. The van der Waals surface area contributed by atoms with Crippen molar-refractivity contribution in [3.05, 3.63) is 69.2 Å². The summed E-state index contributed by atoms with van der Waals surface area (Å²) in [4.78, 5) is 26.8. The van der Waals surface area contributed by atoms with Gasteiger partial charge < -0.3 is 9.47 Å². The van der Waals surface area contributed by atoms with Crippen LogP contribution in [0.15, 0.2) is 47.5 Å². The van der Waals surface area contributed by atoms with Crippen molar-refractivity contribution in [2.75, 3.05) is 13.2 Å². The molecule has 12 heteroatoms. The molecule has 0 bridgehead atoms. The van der Waals surface area contributed by atoms with E-state index in [-0.39, 0.29) is 40.4 Å². The van der Waals surface area contributed by atoms with Crippen molar-refractivity contribution in [1.82, 2.24) is 14.7 Å². The predicted octanol–water partition coefficient (Wildman–Crippen LogP) is 5.94. The molecule has 3 heterocycles. The van der Waals surface area contributed by atoms with Gasteiger partial charge >= 0.3 is 6.18 Å². The summed E-state index contributed by atoms with van der Waals surface area (Å²) in [5.74, 6) is -1.18. The molecule has 2 saturated heterocycles. The standard InChI is InChI=1S/C25H21ClF3N3O4S/c1-24(2)35-13-18(36-24)12-31-22(33)21(37-23(31)34)8-14-3-6-20-16(7-14)10-30-32(20)11-15-4-5-17(26)9-19(15)25(27,28)29/h3-10,18H,11-13H2,1-2H3. The van der Waals surface area contributed by atoms with Gasteiger partial charge in [0, 0.05) is 10.4 Å². The number of rotatable bonds is 5. The van der Waals surface area contributed by atoms with E-state index in [1.807, 2.05) is 0 Å². The van der Waals surface area contributed by atoms with Gasteiger partial charge in [0.25, 0.3) is 11.1 Å². The Morgan fingerprint density at radius 3 is 2.70 bits per heavy atom. The minimum absolute atomic E-state index is 0.00314. The molecule has 37 heavy (non-hydrogen) atoms. The van der Waals surface area contributed by atoms with Gasteiger partial charge in [-0.2, -0.15) is 18.3 Å². The number of carbonyl (C=O) groups excluding carboxylic acids is 2. The first-order chi connectivity index (χ1) is 17.4. The van der Waals surface area contributed by atoms with Crippen molar-refractivity contribution < 1.29 is 32.2 Å². The van der Waals surface area contributed by atoms with Crippen LogP contribution in [0.1, 0.15) is 30.5 Å². The number of imide groups is 1. The van der Waals surface area contributed by atoms with Gasteiger partial charge in [0.1, 0.15) is 6.10 Å². The highest BCUT2D eigenvalue weighted by molar-refractivity contribution is 8.18. The molecule has 1 aromatic heterocycles. The van der Waals surface area contributed by atoms with Crippen molar-refractivity contribution in [2.24, 2.45) is 0 Å². The number of thioether (sulfide) groups is 1. The molecule has 7 nitrogen and oxygen atoms in total. The fourth-order valence-electron chi connectivity index (χ4n) is 4.30. The number of ether oxygens (including phenoxy) is 2. The van der Waals surface area contributed by atoms with E-state index >= 15 is 0 Å². The molecule has 194 valence electrons. The van der Waals surface area contributed by atoms with Crippen molar-refractivity contribution >= 4 is 51.5 Å². The lowest BCUT2D eigenvalue weighted by molar-refractivity contribution is -0.142. The molecular formula is C25H21ClF3N3O4S. The third-order valence-electron chi connectivity index (χ3n) is 5.99. The van der Waals surface area contributed by atoms with Crippen LogP contribution in [0.2, 0.25) is 5.02 Å². The fraction of sp³-hybridized carbons (Fsp3) is 0.320. The third kappa shape index (κ3) is 5.40. The highest BCUT2D eigenvalue weighted by Gasteiger charge is 2.40. The molecule has 2 aliphatic rings. The number of hydrogen-bond donors (Lipinski definition) is 0. The SMILES string of the molecule is CC1(C)OCC(CN2C(=O)SC(=Cc3ccc4c(cnn4Cc4ccc(Cl)cc4C(F)(F)F)c3)C2=O)O1. The fourth-order valence-corrected chi connectivity index (χ4v) is 5.32. The number of nitrogens with zero attached hydrogens (tertiary/aromatic N) is 3. The lowest BCUT2D eigenvalue weighted by atomic mass is 10.1. The molecule has 1 atom stereocenters. The summed E-state index contributed by atoms with van der Waals surface area (Å²) in [6, 6.07) is 8.85. The van der Waals surface area contributed by atoms with Gasteiger partial charge in [0.15, 0.2) is 5.79 Å². The van der Waals surface area contributed by atoms with E-state index in [1.54, 1.807) is 44.3 Å². The number of benzene rings is 2. The number of carbonyl (C=O) groups is 2. The number of amides is 2. The second kappa shape index (κ2) is 9.46. The van der Waals surface area contributed by atoms with Crippen LogP contribution in [0.25, 0.3) is 17.0 Å². The summed E-state index contributed by atoms with van der Waals surface area (Å²) < 4.78 is 53.1. The Morgan fingerprint density at radius 2 is 2.00 bits per heavy atom. The Kier molecular flexibility index (Phi) is 6.59. The molecule has 0 aliphatic carbocycles. The van der Waals surface area contributed by atoms with Crippen molar-refractivity contribution in [1.29, 1.82) is 0 Å². The van der Waals surface area contributed by atoms with Crippen LogP contribution < -0.4 is 0 Å². The summed E-state index contributed by atoms with van der Waals surface area (Å²) in [7, 11) is 0. The lowest BCUT2D eigenvalue weighted by Crippen LogP contribution is -2.37. The molecule has 5 rings (SSSR count). The molecule has 0 saturated carbocycles. The summed E-state index contributed by atoms with van der Waals surface area (Å²) in [5.41, 5.74) is 0.504. The molecular weight excluding hydrogens is 531 g/mol. The number of hydrogen-bond acceptors (Lipinski definition) is 6. The van der Waals surface area contributed by atoms with Crippen LogP contribution in [-0.4, -0.2) is 50.9 Å². The van der Waals surface area contributed by atoms with E-state index in [9.17, 15) is 22.8 Å². The Labute approximate surface area is 219 Å². The van der Waals surface area contributed by atoms with Crippen LogP contribution in [0.4, 0.5) is 18.0 Å². The maximum absolute atomic E-state index is 13.5. The monoisotopic (exact) mass is 551 g/mol. The van der Waals surface area contributed by atoms with Crippen molar-refractivity contribution in [3.63, 3.8) is 0 Å². The lowest BCUT2D eigenvalue weighted by Gasteiger charge is -2.19. The van der Waals surface area contributed by atoms with Gasteiger partial charge in [0.05, 0.1) is 41.9 Å². The largest absolute Gasteiger partial charge is 0.416 e. The summed E-state index contributed by atoms with van der Waals surface area (Å²) >= 11 is 6.62. The topological polar surface area (TPSA) is 73.7 Å². The van der Waals surface area contributed by atoms with Crippen LogP contribution in [0.3, 0.4) is 0 Å².